The minimum absolute atomic E-state index is 0.0222. The van der Waals surface area contributed by atoms with Crippen LogP contribution in [0.3, 0.4) is 0 Å². The molecule has 1 amide bonds. The van der Waals surface area contributed by atoms with Crippen LogP contribution in [0.25, 0.3) is 0 Å². The Balaban J connectivity index is 2.57. The van der Waals surface area contributed by atoms with Gasteiger partial charge >= 0.3 is 0 Å². The number of ether oxygens (including phenoxy) is 1. The third-order valence-electron chi connectivity index (χ3n) is 3.52. The van der Waals surface area contributed by atoms with Crippen LogP contribution >= 0.6 is 0 Å². The Kier molecular flexibility index (Phi) is 4.95. The first-order chi connectivity index (χ1) is 7.91. The number of hydrogen-bond donors (Lipinski definition) is 1. The van der Waals surface area contributed by atoms with Gasteiger partial charge in [0.25, 0.3) is 0 Å². The minimum Gasteiger partial charge on any atom is -0.377 e. The van der Waals surface area contributed by atoms with Crippen LogP contribution in [0, 0.1) is 11.3 Å². The molecule has 0 spiro atoms. The first kappa shape index (κ1) is 14.5. The molecule has 0 aliphatic carbocycles. The summed E-state index contributed by atoms with van der Waals surface area (Å²) >= 11 is 0. The van der Waals surface area contributed by atoms with Gasteiger partial charge in [-0.1, -0.05) is 20.8 Å². The number of nitrogens with zero attached hydrogens (tertiary/aromatic N) is 1. The van der Waals surface area contributed by atoms with Gasteiger partial charge in [0.2, 0.25) is 5.91 Å². The first-order valence-electron chi connectivity index (χ1n) is 6.48. The van der Waals surface area contributed by atoms with E-state index in [2.05, 4.69) is 20.8 Å². The predicted octanol–water partition coefficient (Wildman–Crippen LogP) is 1.24. The molecule has 1 aliphatic heterocycles. The monoisotopic (exact) mass is 242 g/mol. The average Bonchev–Trinajstić information content (AvgIpc) is 2.75. The Hall–Kier alpha value is -0.610. The zero-order chi connectivity index (χ0) is 13.1. The highest BCUT2D eigenvalue weighted by molar-refractivity contribution is 5.79. The van der Waals surface area contributed by atoms with E-state index < -0.39 is 0 Å². The molecule has 1 fully saturated rings. The number of rotatable bonds is 5. The molecule has 100 valence electrons. The zero-order valence-electron chi connectivity index (χ0n) is 11.5. The fraction of sp³-hybridized carbons (Fsp3) is 0.923. The van der Waals surface area contributed by atoms with E-state index in [-0.39, 0.29) is 23.3 Å². The summed E-state index contributed by atoms with van der Waals surface area (Å²) in [6.07, 6.45) is 1.86. The maximum Gasteiger partial charge on any atom is 0.228 e. The van der Waals surface area contributed by atoms with E-state index in [9.17, 15) is 4.79 Å². The number of carbonyl (C=O) groups is 1. The quantitative estimate of drug-likeness (QED) is 0.789. The fourth-order valence-corrected chi connectivity index (χ4v) is 2.40. The maximum atomic E-state index is 12.3. The molecule has 0 saturated carbocycles. The van der Waals surface area contributed by atoms with Crippen molar-refractivity contribution < 1.29 is 9.53 Å². The lowest BCUT2D eigenvalue weighted by Crippen LogP contribution is -2.43. The van der Waals surface area contributed by atoms with Crippen LogP contribution < -0.4 is 5.73 Å². The lowest BCUT2D eigenvalue weighted by Gasteiger charge is -2.31. The topological polar surface area (TPSA) is 55.6 Å². The Labute approximate surface area is 104 Å². The van der Waals surface area contributed by atoms with Gasteiger partial charge in [-0.3, -0.25) is 4.79 Å². The number of amides is 1. The molecular weight excluding hydrogens is 216 g/mol. The van der Waals surface area contributed by atoms with Gasteiger partial charge in [-0.25, -0.2) is 0 Å². The van der Waals surface area contributed by atoms with Gasteiger partial charge in [-0.15, -0.1) is 0 Å². The van der Waals surface area contributed by atoms with Crippen molar-refractivity contribution in [1.29, 1.82) is 0 Å². The molecule has 1 rings (SSSR count). The zero-order valence-corrected chi connectivity index (χ0v) is 11.5. The molecule has 1 aliphatic rings. The van der Waals surface area contributed by atoms with Crippen LogP contribution in [-0.2, 0) is 9.53 Å². The molecular formula is C13H26N2O2. The molecule has 0 aromatic rings. The number of nitrogens with two attached hydrogens (primary N) is 1. The number of carbonyl (C=O) groups excluding carboxylic acids is 1. The van der Waals surface area contributed by atoms with Gasteiger partial charge in [0.1, 0.15) is 0 Å². The van der Waals surface area contributed by atoms with Gasteiger partial charge in [0, 0.05) is 20.2 Å². The largest absolute Gasteiger partial charge is 0.377 e. The Morgan fingerprint density at radius 3 is 2.71 bits per heavy atom. The molecule has 17 heavy (non-hydrogen) atoms. The van der Waals surface area contributed by atoms with Gasteiger partial charge in [0.15, 0.2) is 0 Å². The molecule has 4 heteroatoms. The second kappa shape index (κ2) is 5.83. The third kappa shape index (κ3) is 3.68. The molecule has 2 atom stereocenters. The summed E-state index contributed by atoms with van der Waals surface area (Å²) in [6.45, 7) is 8.24. The van der Waals surface area contributed by atoms with Crippen molar-refractivity contribution in [3.63, 3.8) is 0 Å². The van der Waals surface area contributed by atoms with Gasteiger partial charge in [-0.2, -0.15) is 0 Å². The summed E-state index contributed by atoms with van der Waals surface area (Å²) in [5.74, 6) is 0.245. The fourth-order valence-electron chi connectivity index (χ4n) is 2.40. The lowest BCUT2D eigenvalue weighted by molar-refractivity contribution is -0.137. The maximum absolute atomic E-state index is 12.3. The van der Waals surface area contributed by atoms with E-state index in [1.54, 1.807) is 0 Å². The summed E-state index contributed by atoms with van der Waals surface area (Å²) in [6, 6.07) is 0. The second-order valence-electron chi connectivity index (χ2n) is 5.78. The SMILES string of the molecule is CCC1OCCC1C(=O)N(C)CC(C)(C)CN. The summed E-state index contributed by atoms with van der Waals surface area (Å²) in [5, 5.41) is 0. The van der Waals surface area contributed by atoms with Crippen molar-refractivity contribution in [3.05, 3.63) is 0 Å². The van der Waals surface area contributed by atoms with Crippen molar-refractivity contribution in [2.24, 2.45) is 17.1 Å². The van der Waals surface area contributed by atoms with Crippen LogP contribution in [-0.4, -0.2) is 43.7 Å². The highest BCUT2D eigenvalue weighted by Gasteiger charge is 2.35. The second-order valence-corrected chi connectivity index (χ2v) is 5.78. The van der Waals surface area contributed by atoms with Gasteiger partial charge in [0.05, 0.1) is 12.0 Å². The highest BCUT2D eigenvalue weighted by Crippen LogP contribution is 2.26. The van der Waals surface area contributed by atoms with Crippen LogP contribution in [0.4, 0.5) is 0 Å². The van der Waals surface area contributed by atoms with E-state index in [0.717, 1.165) is 12.8 Å². The molecule has 0 bridgehead atoms. The molecule has 0 aromatic heterocycles. The molecule has 1 saturated heterocycles. The van der Waals surface area contributed by atoms with Crippen LogP contribution in [0.2, 0.25) is 0 Å². The standard InChI is InChI=1S/C13H26N2O2/c1-5-11-10(6-7-17-11)12(16)15(4)9-13(2,3)8-14/h10-11H,5-9,14H2,1-4H3. The van der Waals surface area contributed by atoms with Crippen molar-refractivity contribution in [3.8, 4) is 0 Å². The molecule has 0 aromatic carbocycles. The predicted molar refractivity (Wildman–Crippen MR) is 68.6 cm³/mol. The molecule has 2 unspecified atom stereocenters. The summed E-state index contributed by atoms with van der Waals surface area (Å²) < 4.78 is 5.57. The smallest absolute Gasteiger partial charge is 0.228 e. The average molecular weight is 242 g/mol. The van der Waals surface area contributed by atoms with Crippen LogP contribution in [0.15, 0.2) is 0 Å². The van der Waals surface area contributed by atoms with Gasteiger partial charge in [-0.05, 0) is 24.8 Å². The van der Waals surface area contributed by atoms with Crippen molar-refractivity contribution in [2.45, 2.75) is 39.7 Å². The van der Waals surface area contributed by atoms with Gasteiger partial charge < -0.3 is 15.4 Å². The van der Waals surface area contributed by atoms with Crippen molar-refractivity contribution in [1.82, 2.24) is 4.90 Å². The molecule has 4 nitrogen and oxygen atoms in total. The van der Waals surface area contributed by atoms with Crippen LogP contribution in [0.5, 0.6) is 0 Å². The molecule has 1 heterocycles. The summed E-state index contributed by atoms with van der Waals surface area (Å²) in [5.41, 5.74) is 5.68. The van der Waals surface area contributed by atoms with Crippen molar-refractivity contribution in [2.75, 3.05) is 26.7 Å². The normalized spacial score (nSPS) is 25.0. The van der Waals surface area contributed by atoms with E-state index >= 15 is 0 Å². The molecule has 2 N–H and O–H groups in total. The van der Waals surface area contributed by atoms with E-state index in [0.29, 0.717) is 19.7 Å². The Morgan fingerprint density at radius 2 is 2.18 bits per heavy atom. The minimum atomic E-state index is -0.0222. The van der Waals surface area contributed by atoms with E-state index in [1.807, 2.05) is 11.9 Å². The lowest BCUT2D eigenvalue weighted by atomic mass is 9.91. The third-order valence-corrected chi connectivity index (χ3v) is 3.52. The molecule has 0 radical (unpaired) electrons. The Morgan fingerprint density at radius 1 is 1.53 bits per heavy atom. The van der Waals surface area contributed by atoms with E-state index in [1.165, 1.54) is 0 Å². The Bertz CT molecular complexity index is 266. The first-order valence-corrected chi connectivity index (χ1v) is 6.48. The highest BCUT2D eigenvalue weighted by atomic mass is 16.5. The number of hydrogen-bond acceptors (Lipinski definition) is 3. The van der Waals surface area contributed by atoms with Crippen molar-refractivity contribution >= 4 is 5.91 Å². The van der Waals surface area contributed by atoms with E-state index in [4.69, 9.17) is 10.5 Å². The van der Waals surface area contributed by atoms with Crippen LogP contribution in [0.1, 0.15) is 33.6 Å². The summed E-state index contributed by atoms with van der Waals surface area (Å²) in [4.78, 5) is 14.1. The summed E-state index contributed by atoms with van der Waals surface area (Å²) in [7, 11) is 1.87.